The lowest BCUT2D eigenvalue weighted by molar-refractivity contribution is -0.162. The summed E-state index contributed by atoms with van der Waals surface area (Å²) >= 11 is 0. The molecule has 0 radical (unpaired) electrons. The second-order valence-corrected chi connectivity index (χ2v) is 8.27. The van der Waals surface area contributed by atoms with Gasteiger partial charge in [0.1, 0.15) is 5.78 Å². The highest BCUT2D eigenvalue weighted by Crippen LogP contribution is 2.40. The van der Waals surface area contributed by atoms with Gasteiger partial charge in [0.25, 0.3) is 5.91 Å². The summed E-state index contributed by atoms with van der Waals surface area (Å²) in [5.41, 5.74) is 0. The SMILES string of the molecule is C[C@H](OC(=O)C1C[C@H]2CCC[C@@H](C1)C2=O)C(=O)NC(=O)NC1CCCCC1. The highest BCUT2D eigenvalue weighted by Gasteiger charge is 2.42. The summed E-state index contributed by atoms with van der Waals surface area (Å²) in [6, 6.07) is -0.434. The van der Waals surface area contributed by atoms with Crippen LogP contribution < -0.4 is 10.6 Å². The first-order chi connectivity index (χ1) is 12.9. The van der Waals surface area contributed by atoms with Crippen molar-refractivity contribution >= 4 is 23.7 Å². The highest BCUT2D eigenvalue weighted by molar-refractivity contribution is 5.97. The standard InChI is InChI=1S/C20H30N2O5/c1-12(18(24)22-20(26)21-16-8-3-2-4-9-16)27-19(25)15-10-13-6-5-7-14(11-15)17(13)23/h12-16H,2-11H2,1H3,(H2,21,22,24,26)/t12-,13-,14+,15?/m0/s1. The van der Waals surface area contributed by atoms with Crippen LogP contribution >= 0.6 is 0 Å². The molecule has 0 saturated heterocycles. The number of amides is 3. The number of esters is 1. The summed E-state index contributed by atoms with van der Waals surface area (Å²) in [5.74, 6) is -1.18. The summed E-state index contributed by atoms with van der Waals surface area (Å²) in [7, 11) is 0. The van der Waals surface area contributed by atoms with Crippen molar-refractivity contribution in [2.45, 2.75) is 83.3 Å². The Morgan fingerprint density at radius 2 is 1.59 bits per heavy atom. The van der Waals surface area contributed by atoms with Crippen molar-refractivity contribution < 1.29 is 23.9 Å². The molecule has 3 amide bonds. The summed E-state index contributed by atoms with van der Waals surface area (Å²) in [6.45, 7) is 1.47. The smallest absolute Gasteiger partial charge is 0.321 e. The molecule has 27 heavy (non-hydrogen) atoms. The van der Waals surface area contributed by atoms with Crippen molar-refractivity contribution in [1.82, 2.24) is 10.6 Å². The predicted octanol–water partition coefficient (Wildman–Crippen LogP) is 2.47. The molecule has 3 aliphatic carbocycles. The zero-order valence-corrected chi connectivity index (χ0v) is 16.0. The number of nitrogens with one attached hydrogen (secondary N) is 2. The van der Waals surface area contributed by atoms with Crippen molar-refractivity contribution in [1.29, 1.82) is 0 Å². The molecule has 1 unspecified atom stereocenters. The summed E-state index contributed by atoms with van der Waals surface area (Å²) in [5, 5.41) is 5.07. The van der Waals surface area contributed by atoms with E-state index in [0.717, 1.165) is 44.9 Å². The number of carbonyl (C=O) groups excluding carboxylic acids is 4. The largest absolute Gasteiger partial charge is 0.452 e. The molecule has 3 rings (SSSR count). The quantitative estimate of drug-likeness (QED) is 0.732. The number of hydrogen-bond acceptors (Lipinski definition) is 5. The van der Waals surface area contributed by atoms with Gasteiger partial charge in [-0.05, 0) is 45.4 Å². The number of hydrogen-bond donors (Lipinski definition) is 2. The molecule has 7 nitrogen and oxygen atoms in total. The minimum Gasteiger partial charge on any atom is -0.452 e. The van der Waals surface area contributed by atoms with E-state index in [4.69, 9.17) is 4.74 Å². The zero-order chi connectivity index (χ0) is 19.4. The molecule has 0 aromatic rings. The number of ketones is 1. The van der Waals surface area contributed by atoms with Gasteiger partial charge in [0.2, 0.25) is 0 Å². The van der Waals surface area contributed by atoms with Gasteiger partial charge in [0.15, 0.2) is 6.10 Å². The number of Topliss-reactive ketones (excluding diaryl/α,β-unsaturated/α-hetero) is 1. The Labute approximate surface area is 160 Å². The van der Waals surface area contributed by atoms with Crippen LogP contribution in [0.4, 0.5) is 4.79 Å². The van der Waals surface area contributed by atoms with Gasteiger partial charge in [-0.1, -0.05) is 25.7 Å². The van der Waals surface area contributed by atoms with Gasteiger partial charge in [0, 0.05) is 17.9 Å². The zero-order valence-electron chi connectivity index (χ0n) is 16.0. The Hall–Kier alpha value is -1.92. The first kappa shape index (κ1) is 19.8. The van der Waals surface area contributed by atoms with Crippen molar-refractivity contribution in [2.75, 3.05) is 0 Å². The van der Waals surface area contributed by atoms with Crippen LogP contribution in [0.15, 0.2) is 0 Å². The highest BCUT2D eigenvalue weighted by atomic mass is 16.5. The molecule has 4 atom stereocenters. The lowest BCUT2D eigenvalue weighted by atomic mass is 9.67. The average Bonchev–Trinajstić information content (AvgIpc) is 2.62. The van der Waals surface area contributed by atoms with Crippen LogP contribution in [0.25, 0.3) is 0 Å². The summed E-state index contributed by atoms with van der Waals surface area (Å²) < 4.78 is 5.30. The topological polar surface area (TPSA) is 102 Å². The molecular formula is C20H30N2O5. The van der Waals surface area contributed by atoms with E-state index >= 15 is 0 Å². The van der Waals surface area contributed by atoms with E-state index in [1.807, 2.05) is 0 Å². The van der Waals surface area contributed by atoms with E-state index in [1.165, 1.54) is 13.3 Å². The molecule has 0 heterocycles. The van der Waals surface area contributed by atoms with Crippen molar-refractivity contribution in [2.24, 2.45) is 17.8 Å². The summed E-state index contributed by atoms with van der Waals surface area (Å²) in [6.07, 6.45) is 7.92. The van der Waals surface area contributed by atoms with Crippen molar-refractivity contribution in [3.63, 3.8) is 0 Å². The van der Waals surface area contributed by atoms with Gasteiger partial charge in [0.05, 0.1) is 5.92 Å². The lowest BCUT2D eigenvalue weighted by Crippen LogP contribution is -2.48. The second-order valence-electron chi connectivity index (χ2n) is 8.27. The monoisotopic (exact) mass is 378 g/mol. The third kappa shape index (κ3) is 5.08. The van der Waals surface area contributed by atoms with E-state index in [-0.39, 0.29) is 29.6 Å². The number of rotatable bonds is 4. The number of fused-ring (bicyclic) bond motifs is 2. The van der Waals surface area contributed by atoms with Gasteiger partial charge >= 0.3 is 12.0 Å². The van der Waals surface area contributed by atoms with E-state index < -0.39 is 24.0 Å². The number of urea groups is 1. The minimum atomic E-state index is -1.04. The molecule has 0 spiro atoms. The third-order valence-electron chi connectivity index (χ3n) is 6.22. The first-order valence-corrected chi connectivity index (χ1v) is 10.3. The van der Waals surface area contributed by atoms with E-state index in [0.29, 0.717) is 12.8 Å². The Kier molecular flexibility index (Phi) is 6.50. The van der Waals surface area contributed by atoms with E-state index in [1.54, 1.807) is 0 Å². The number of imide groups is 1. The van der Waals surface area contributed by atoms with Crippen LogP contribution in [0.3, 0.4) is 0 Å². The maximum Gasteiger partial charge on any atom is 0.321 e. The van der Waals surface area contributed by atoms with Crippen molar-refractivity contribution in [3.8, 4) is 0 Å². The average molecular weight is 378 g/mol. The molecule has 0 aromatic heterocycles. The molecular weight excluding hydrogens is 348 g/mol. The minimum absolute atomic E-state index is 0.0412. The van der Waals surface area contributed by atoms with Crippen LogP contribution in [0, 0.1) is 17.8 Å². The van der Waals surface area contributed by atoms with Gasteiger partial charge in [-0.25, -0.2) is 4.79 Å². The van der Waals surface area contributed by atoms with Gasteiger partial charge in [-0.3, -0.25) is 19.7 Å². The predicted molar refractivity (Wildman–Crippen MR) is 97.7 cm³/mol. The first-order valence-electron chi connectivity index (χ1n) is 10.3. The molecule has 2 N–H and O–H groups in total. The number of ether oxygens (including phenoxy) is 1. The Morgan fingerprint density at radius 3 is 2.22 bits per heavy atom. The van der Waals surface area contributed by atoms with Crippen LogP contribution in [-0.2, 0) is 19.1 Å². The lowest BCUT2D eigenvalue weighted by Gasteiger charge is -2.36. The Morgan fingerprint density at radius 1 is 0.963 bits per heavy atom. The van der Waals surface area contributed by atoms with Crippen LogP contribution in [0.5, 0.6) is 0 Å². The van der Waals surface area contributed by atoms with Gasteiger partial charge in [-0.15, -0.1) is 0 Å². The molecule has 3 saturated carbocycles. The molecule has 0 aliphatic heterocycles. The van der Waals surface area contributed by atoms with E-state index in [2.05, 4.69) is 10.6 Å². The van der Waals surface area contributed by atoms with Crippen LogP contribution in [0.1, 0.15) is 71.1 Å². The fraction of sp³-hybridized carbons (Fsp3) is 0.800. The third-order valence-corrected chi connectivity index (χ3v) is 6.22. The Bertz CT molecular complexity index is 583. The molecule has 7 heteroatoms. The fourth-order valence-electron chi connectivity index (χ4n) is 4.68. The van der Waals surface area contributed by atoms with Crippen molar-refractivity contribution in [3.05, 3.63) is 0 Å². The maximum absolute atomic E-state index is 12.4. The van der Waals surface area contributed by atoms with E-state index in [9.17, 15) is 19.2 Å². The maximum atomic E-state index is 12.4. The van der Waals surface area contributed by atoms with Crippen LogP contribution in [0.2, 0.25) is 0 Å². The molecule has 150 valence electrons. The normalized spacial score (nSPS) is 29.5. The number of carbonyl (C=O) groups is 4. The molecule has 3 aliphatic rings. The van der Waals surface area contributed by atoms with Gasteiger partial charge in [-0.2, -0.15) is 0 Å². The summed E-state index contributed by atoms with van der Waals surface area (Å²) in [4.78, 5) is 48.7. The molecule has 2 bridgehead atoms. The molecule has 0 aromatic carbocycles. The fourth-order valence-corrected chi connectivity index (χ4v) is 4.68. The van der Waals surface area contributed by atoms with Gasteiger partial charge < -0.3 is 10.1 Å². The van der Waals surface area contributed by atoms with Crippen LogP contribution in [-0.4, -0.2) is 35.8 Å². The molecule has 3 fully saturated rings. The Balaban J connectivity index is 1.44. The second kappa shape index (κ2) is 8.85.